The zero-order chi connectivity index (χ0) is 20.8. The van der Waals surface area contributed by atoms with Gasteiger partial charge in [0.1, 0.15) is 0 Å². The average Bonchev–Trinajstić information content (AvgIpc) is 3.08. The minimum atomic E-state index is -0.0800. The predicted octanol–water partition coefficient (Wildman–Crippen LogP) is 2.84. The standard InChI is InChI=1S/C22H27N5O2/c1-14(28)23-16-7-5-15(6-8-16)12-26-10-9-18-17(13-26)21(29)27-20(24-18)11-19(25-27)22(2,3)4/h5-8,11,25H,9-10,12-13H2,1-4H3,(H,23,28). The van der Waals surface area contributed by atoms with Gasteiger partial charge in [-0.1, -0.05) is 32.9 Å². The Balaban J connectivity index is 1.56. The molecule has 7 heteroatoms. The van der Waals surface area contributed by atoms with Gasteiger partial charge in [-0.15, -0.1) is 0 Å². The molecule has 3 heterocycles. The summed E-state index contributed by atoms with van der Waals surface area (Å²) in [5, 5.41) is 6.01. The van der Waals surface area contributed by atoms with Crippen LogP contribution in [0.2, 0.25) is 0 Å². The number of H-pyrrole nitrogens is 1. The van der Waals surface area contributed by atoms with E-state index in [1.54, 1.807) is 4.52 Å². The van der Waals surface area contributed by atoms with Crippen molar-refractivity contribution in [1.82, 2.24) is 19.5 Å². The summed E-state index contributed by atoms with van der Waals surface area (Å²) in [6.07, 6.45) is 0.765. The van der Waals surface area contributed by atoms with Crippen molar-refractivity contribution in [3.05, 3.63) is 63.2 Å². The van der Waals surface area contributed by atoms with E-state index in [0.29, 0.717) is 12.2 Å². The fourth-order valence-electron chi connectivity index (χ4n) is 3.71. The molecule has 7 nitrogen and oxygen atoms in total. The number of nitrogens with one attached hydrogen (secondary N) is 2. The number of aromatic nitrogens is 3. The second kappa shape index (κ2) is 7.15. The molecule has 0 atom stereocenters. The lowest BCUT2D eigenvalue weighted by molar-refractivity contribution is -0.114. The summed E-state index contributed by atoms with van der Waals surface area (Å²) in [6.45, 7) is 10.0. The SMILES string of the molecule is CC(=O)Nc1ccc(CN2CCc3nc4cc(C(C)(C)C)[nH]n4c(=O)c3C2)cc1. The highest BCUT2D eigenvalue weighted by molar-refractivity contribution is 5.88. The van der Waals surface area contributed by atoms with Crippen molar-refractivity contribution < 1.29 is 4.79 Å². The third-order valence-electron chi connectivity index (χ3n) is 5.33. The summed E-state index contributed by atoms with van der Waals surface area (Å²) in [4.78, 5) is 31.3. The van der Waals surface area contributed by atoms with E-state index in [4.69, 9.17) is 4.98 Å². The van der Waals surface area contributed by atoms with Crippen LogP contribution in [0.5, 0.6) is 0 Å². The Morgan fingerprint density at radius 3 is 2.62 bits per heavy atom. The molecule has 0 spiro atoms. The van der Waals surface area contributed by atoms with Crippen LogP contribution in [-0.4, -0.2) is 31.9 Å². The number of fused-ring (bicyclic) bond motifs is 2. The Labute approximate surface area is 169 Å². The monoisotopic (exact) mass is 393 g/mol. The number of rotatable bonds is 3. The molecule has 1 aliphatic heterocycles. The molecule has 29 heavy (non-hydrogen) atoms. The molecular weight excluding hydrogens is 366 g/mol. The maximum Gasteiger partial charge on any atom is 0.277 e. The van der Waals surface area contributed by atoms with Crippen LogP contribution in [0.4, 0.5) is 5.69 Å². The van der Waals surface area contributed by atoms with E-state index in [-0.39, 0.29) is 16.9 Å². The zero-order valence-electron chi connectivity index (χ0n) is 17.4. The van der Waals surface area contributed by atoms with Gasteiger partial charge in [0.05, 0.1) is 11.3 Å². The van der Waals surface area contributed by atoms with Gasteiger partial charge in [-0.05, 0) is 17.7 Å². The third-order valence-corrected chi connectivity index (χ3v) is 5.33. The highest BCUT2D eigenvalue weighted by Gasteiger charge is 2.24. The number of amides is 1. The van der Waals surface area contributed by atoms with Gasteiger partial charge in [-0.3, -0.25) is 19.6 Å². The fraction of sp³-hybridized carbons (Fsp3) is 0.409. The van der Waals surface area contributed by atoms with Crippen molar-refractivity contribution in [2.45, 2.75) is 52.6 Å². The van der Waals surface area contributed by atoms with Gasteiger partial charge in [0.15, 0.2) is 5.65 Å². The second-order valence-electron chi connectivity index (χ2n) is 8.79. The van der Waals surface area contributed by atoms with Crippen LogP contribution in [0, 0.1) is 0 Å². The van der Waals surface area contributed by atoms with Gasteiger partial charge < -0.3 is 5.32 Å². The molecular formula is C22H27N5O2. The van der Waals surface area contributed by atoms with Gasteiger partial charge in [0.2, 0.25) is 5.91 Å². The van der Waals surface area contributed by atoms with Crippen molar-refractivity contribution in [1.29, 1.82) is 0 Å². The normalized spacial score (nSPS) is 14.8. The molecule has 0 fully saturated rings. The zero-order valence-corrected chi connectivity index (χ0v) is 17.4. The lowest BCUT2D eigenvalue weighted by atomic mass is 9.93. The maximum atomic E-state index is 13.1. The van der Waals surface area contributed by atoms with Crippen molar-refractivity contribution in [2.24, 2.45) is 0 Å². The number of anilines is 1. The highest BCUT2D eigenvalue weighted by atomic mass is 16.1. The van der Waals surface area contributed by atoms with E-state index in [9.17, 15) is 9.59 Å². The molecule has 4 rings (SSSR count). The predicted molar refractivity (Wildman–Crippen MR) is 113 cm³/mol. The van der Waals surface area contributed by atoms with Crippen LogP contribution in [0.1, 0.15) is 50.2 Å². The highest BCUT2D eigenvalue weighted by Crippen LogP contribution is 2.23. The Morgan fingerprint density at radius 1 is 1.24 bits per heavy atom. The second-order valence-corrected chi connectivity index (χ2v) is 8.79. The molecule has 1 aromatic carbocycles. The van der Waals surface area contributed by atoms with Gasteiger partial charge in [-0.2, -0.15) is 0 Å². The maximum absolute atomic E-state index is 13.1. The fourth-order valence-corrected chi connectivity index (χ4v) is 3.71. The summed E-state index contributed by atoms with van der Waals surface area (Å²) in [5.74, 6) is -0.0800. The number of hydrogen-bond acceptors (Lipinski definition) is 4. The van der Waals surface area contributed by atoms with Gasteiger partial charge >= 0.3 is 0 Å². The number of hydrogen-bond donors (Lipinski definition) is 2. The lowest BCUT2D eigenvalue weighted by Crippen LogP contribution is -2.36. The Morgan fingerprint density at radius 2 is 1.97 bits per heavy atom. The molecule has 3 aromatic rings. The molecule has 0 radical (unpaired) electrons. The van der Waals surface area contributed by atoms with E-state index in [2.05, 4.69) is 36.1 Å². The molecule has 152 valence electrons. The van der Waals surface area contributed by atoms with Crippen molar-refractivity contribution in [2.75, 3.05) is 11.9 Å². The first-order valence-electron chi connectivity index (χ1n) is 9.93. The summed E-state index contributed by atoms with van der Waals surface area (Å²) in [7, 11) is 0. The topological polar surface area (TPSA) is 82.5 Å². The quantitative estimate of drug-likeness (QED) is 0.717. The molecule has 0 saturated carbocycles. The number of nitrogens with zero attached hydrogens (tertiary/aromatic N) is 3. The minimum Gasteiger partial charge on any atom is -0.326 e. The van der Waals surface area contributed by atoms with E-state index >= 15 is 0 Å². The molecule has 1 amide bonds. The molecule has 0 bridgehead atoms. The molecule has 2 N–H and O–H groups in total. The largest absolute Gasteiger partial charge is 0.326 e. The number of carbonyl (C=O) groups excluding carboxylic acids is 1. The van der Waals surface area contributed by atoms with Crippen molar-refractivity contribution >= 4 is 17.2 Å². The van der Waals surface area contributed by atoms with Crippen molar-refractivity contribution in [3.63, 3.8) is 0 Å². The molecule has 1 aliphatic rings. The molecule has 0 unspecified atom stereocenters. The van der Waals surface area contributed by atoms with Gasteiger partial charge in [0, 0.05) is 55.8 Å². The first-order chi connectivity index (χ1) is 13.7. The molecule has 2 aromatic heterocycles. The van der Waals surface area contributed by atoms with E-state index in [0.717, 1.165) is 47.7 Å². The summed E-state index contributed by atoms with van der Waals surface area (Å²) < 4.78 is 1.57. The summed E-state index contributed by atoms with van der Waals surface area (Å²) in [5.41, 5.74) is 5.23. The summed E-state index contributed by atoms with van der Waals surface area (Å²) in [6, 6.07) is 9.80. The summed E-state index contributed by atoms with van der Waals surface area (Å²) >= 11 is 0. The van der Waals surface area contributed by atoms with Crippen LogP contribution < -0.4 is 10.9 Å². The van der Waals surface area contributed by atoms with E-state index < -0.39 is 0 Å². The van der Waals surface area contributed by atoms with E-state index in [1.165, 1.54) is 6.92 Å². The van der Waals surface area contributed by atoms with E-state index in [1.807, 2.05) is 30.3 Å². The van der Waals surface area contributed by atoms with Crippen molar-refractivity contribution in [3.8, 4) is 0 Å². The van der Waals surface area contributed by atoms with Crippen LogP contribution in [0.25, 0.3) is 5.65 Å². The van der Waals surface area contributed by atoms with Gasteiger partial charge in [-0.25, -0.2) is 9.50 Å². The molecule has 0 saturated heterocycles. The minimum absolute atomic E-state index is 0.00814. The first-order valence-corrected chi connectivity index (χ1v) is 9.93. The molecule has 0 aliphatic carbocycles. The van der Waals surface area contributed by atoms with Gasteiger partial charge in [0.25, 0.3) is 5.56 Å². The Bertz CT molecular complexity index is 1120. The smallest absolute Gasteiger partial charge is 0.277 e. The van der Waals surface area contributed by atoms with Crippen LogP contribution in [0.15, 0.2) is 35.1 Å². The Kier molecular flexibility index (Phi) is 4.78. The Hall–Kier alpha value is -2.93. The van der Waals surface area contributed by atoms with Crippen LogP contribution >= 0.6 is 0 Å². The number of benzene rings is 1. The van der Waals surface area contributed by atoms with Crippen LogP contribution in [-0.2, 0) is 29.7 Å². The number of aromatic amines is 1. The average molecular weight is 393 g/mol. The first kappa shape index (κ1) is 19.4. The third kappa shape index (κ3) is 3.96. The van der Waals surface area contributed by atoms with Crippen LogP contribution in [0.3, 0.4) is 0 Å². The number of carbonyl (C=O) groups is 1. The lowest BCUT2D eigenvalue weighted by Gasteiger charge is -2.27.